The van der Waals surface area contributed by atoms with Crippen molar-refractivity contribution in [1.82, 2.24) is 5.32 Å². The molecule has 0 heterocycles. The molecule has 19 heavy (non-hydrogen) atoms. The van der Waals surface area contributed by atoms with Crippen LogP contribution in [-0.4, -0.2) is 44.9 Å². The summed E-state index contributed by atoms with van der Waals surface area (Å²) in [5, 5.41) is 12.2. The molecule has 0 bridgehead atoms. The van der Waals surface area contributed by atoms with Crippen molar-refractivity contribution in [1.29, 1.82) is 0 Å². The van der Waals surface area contributed by atoms with Crippen molar-refractivity contribution in [3.63, 3.8) is 0 Å². The van der Waals surface area contributed by atoms with Crippen LogP contribution in [0.1, 0.15) is 18.6 Å². The summed E-state index contributed by atoms with van der Waals surface area (Å²) in [4.78, 5) is 13.5. The second-order valence-corrected chi connectivity index (χ2v) is 4.47. The molecule has 0 saturated heterocycles. The molecule has 0 saturated carbocycles. The van der Waals surface area contributed by atoms with Crippen molar-refractivity contribution in [3.8, 4) is 0 Å². The molecule has 0 aliphatic carbocycles. The van der Waals surface area contributed by atoms with Crippen LogP contribution in [-0.2, 0) is 9.53 Å². The Kier molecular flexibility index (Phi) is 6.32. The maximum Gasteiger partial charge on any atom is 0.239 e. The lowest BCUT2D eigenvalue weighted by atomic mass is 10.1. The number of carbonyl (C=O) groups excluding carboxylic acids is 1. The van der Waals surface area contributed by atoms with Gasteiger partial charge in [-0.25, -0.2) is 0 Å². The average molecular weight is 266 g/mol. The molecule has 1 rings (SSSR count). The van der Waals surface area contributed by atoms with Gasteiger partial charge in [-0.2, -0.15) is 0 Å². The summed E-state index contributed by atoms with van der Waals surface area (Å²) in [6, 6.07) is 7.51. The molecule has 0 aliphatic rings. The van der Waals surface area contributed by atoms with E-state index in [1.54, 1.807) is 14.0 Å². The molecule has 0 radical (unpaired) electrons. The molecular weight excluding hydrogens is 244 g/mol. The highest BCUT2D eigenvalue weighted by atomic mass is 16.5. The lowest BCUT2D eigenvalue weighted by molar-refractivity contribution is -0.119. The first-order valence-corrected chi connectivity index (χ1v) is 6.29. The molecule has 1 atom stereocenters. The molecule has 1 aromatic rings. The van der Waals surface area contributed by atoms with Gasteiger partial charge >= 0.3 is 0 Å². The van der Waals surface area contributed by atoms with E-state index in [4.69, 9.17) is 4.74 Å². The van der Waals surface area contributed by atoms with Gasteiger partial charge in [-0.3, -0.25) is 4.79 Å². The van der Waals surface area contributed by atoms with Crippen LogP contribution in [0.4, 0.5) is 5.69 Å². The molecular formula is C14H22N2O3. The highest BCUT2D eigenvalue weighted by Gasteiger charge is 2.07. The quantitative estimate of drug-likeness (QED) is 0.721. The Morgan fingerprint density at radius 1 is 1.42 bits per heavy atom. The molecule has 0 aliphatic heterocycles. The normalized spacial score (nSPS) is 12.0. The largest absolute Gasteiger partial charge is 0.389 e. The lowest BCUT2D eigenvalue weighted by Gasteiger charge is -2.19. The topological polar surface area (TPSA) is 61.8 Å². The lowest BCUT2D eigenvalue weighted by Crippen LogP contribution is -2.36. The molecule has 1 aromatic carbocycles. The van der Waals surface area contributed by atoms with E-state index in [9.17, 15) is 9.90 Å². The first-order valence-electron chi connectivity index (χ1n) is 6.29. The van der Waals surface area contributed by atoms with Crippen LogP contribution in [0.25, 0.3) is 0 Å². The van der Waals surface area contributed by atoms with Crippen LogP contribution < -0.4 is 10.2 Å². The van der Waals surface area contributed by atoms with Crippen molar-refractivity contribution in [2.75, 3.05) is 38.8 Å². The van der Waals surface area contributed by atoms with E-state index in [1.807, 2.05) is 36.2 Å². The highest BCUT2D eigenvalue weighted by molar-refractivity contribution is 5.81. The van der Waals surface area contributed by atoms with E-state index in [-0.39, 0.29) is 12.5 Å². The van der Waals surface area contributed by atoms with Crippen LogP contribution in [0.3, 0.4) is 0 Å². The minimum Gasteiger partial charge on any atom is -0.389 e. The van der Waals surface area contributed by atoms with E-state index in [1.165, 1.54) is 0 Å². The van der Waals surface area contributed by atoms with Crippen molar-refractivity contribution in [2.45, 2.75) is 13.0 Å². The molecule has 1 amide bonds. The van der Waals surface area contributed by atoms with Crippen LogP contribution in [0.15, 0.2) is 24.3 Å². The molecule has 0 fully saturated rings. The first-order chi connectivity index (χ1) is 9.04. The van der Waals surface area contributed by atoms with Gasteiger partial charge in [0.1, 0.15) is 0 Å². The van der Waals surface area contributed by atoms with Gasteiger partial charge in [-0.05, 0) is 24.6 Å². The fourth-order valence-electron chi connectivity index (χ4n) is 1.66. The Morgan fingerprint density at radius 3 is 2.58 bits per heavy atom. The van der Waals surface area contributed by atoms with E-state index < -0.39 is 6.10 Å². The Morgan fingerprint density at radius 2 is 2.05 bits per heavy atom. The predicted molar refractivity (Wildman–Crippen MR) is 75.2 cm³/mol. The summed E-state index contributed by atoms with van der Waals surface area (Å²) in [5.74, 6) is -0.0425. The van der Waals surface area contributed by atoms with Gasteiger partial charge in [-0.15, -0.1) is 0 Å². The minimum atomic E-state index is -0.475. The number of nitrogens with zero attached hydrogens (tertiary/aromatic N) is 1. The summed E-state index contributed by atoms with van der Waals surface area (Å²) < 4.78 is 4.87. The molecule has 2 N–H and O–H groups in total. The zero-order chi connectivity index (χ0) is 14.3. The Balaban J connectivity index is 2.48. The fourth-order valence-corrected chi connectivity index (χ4v) is 1.66. The number of carbonyl (C=O) groups is 1. The number of benzene rings is 1. The Bertz CT molecular complexity index is 390. The Labute approximate surface area is 114 Å². The van der Waals surface area contributed by atoms with Gasteiger partial charge in [-0.1, -0.05) is 12.1 Å². The number of amides is 1. The van der Waals surface area contributed by atoms with Crippen molar-refractivity contribution in [2.24, 2.45) is 0 Å². The maximum absolute atomic E-state index is 11.6. The number of nitrogens with one attached hydrogen (secondary N) is 1. The first kappa shape index (κ1) is 15.5. The zero-order valence-electron chi connectivity index (χ0n) is 11.7. The third-order valence-corrected chi connectivity index (χ3v) is 2.83. The number of ether oxygens (including phenoxy) is 1. The molecule has 0 spiro atoms. The number of rotatable bonds is 7. The van der Waals surface area contributed by atoms with Gasteiger partial charge < -0.3 is 20.1 Å². The smallest absolute Gasteiger partial charge is 0.239 e. The number of hydrogen-bond acceptors (Lipinski definition) is 4. The van der Waals surface area contributed by atoms with Gasteiger partial charge in [0.05, 0.1) is 19.3 Å². The predicted octanol–water partition coefficient (Wildman–Crippen LogP) is 0.939. The van der Waals surface area contributed by atoms with Crippen molar-refractivity contribution < 1.29 is 14.6 Å². The van der Waals surface area contributed by atoms with Gasteiger partial charge in [0.25, 0.3) is 0 Å². The van der Waals surface area contributed by atoms with Crippen molar-refractivity contribution >= 4 is 11.6 Å². The number of aliphatic hydroxyl groups excluding tert-OH is 1. The molecule has 5 heteroatoms. The van der Waals surface area contributed by atoms with Crippen LogP contribution in [0.2, 0.25) is 0 Å². The van der Waals surface area contributed by atoms with Gasteiger partial charge in [0.15, 0.2) is 0 Å². The average Bonchev–Trinajstić information content (AvgIpc) is 2.39. The second-order valence-electron chi connectivity index (χ2n) is 4.47. The van der Waals surface area contributed by atoms with Crippen LogP contribution in [0.5, 0.6) is 0 Å². The van der Waals surface area contributed by atoms with Gasteiger partial charge in [0.2, 0.25) is 5.91 Å². The molecule has 0 unspecified atom stereocenters. The summed E-state index contributed by atoms with van der Waals surface area (Å²) in [6.45, 7) is 3.04. The number of hydrogen-bond donors (Lipinski definition) is 2. The van der Waals surface area contributed by atoms with E-state index in [2.05, 4.69) is 5.32 Å². The second kappa shape index (κ2) is 7.76. The summed E-state index contributed by atoms with van der Waals surface area (Å²) in [6.07, 6.45) is -0.475. The molecule has 0 aromatic heterocycles. The van der Waals surface area contributed by atoms with Crippen LogP contribution in [0, 0.1) is 0 Å². The maximum atomic E-state index is 11.6. The van der Waals surface area contributed by atoms with Crippen molar-refractivity contribution in [3.05, 3.63) is 29.8 Å². The standard InChI is InChI=1S/C14H22N2O3/c1-11(17)12-4-6-13(7-5-12)16(2)10-14(18)15-8-9-19-3/h4-7,11,17H,8-10H2,1-3H3,(H,15,18)/t11-/m0/s1. The third-order valence-electron chi connectivity index (χ3n) is 2.83. The molecule has 5 nitrogen and oxygen atoms in total. The number of likely N-dealkylation sites (N-methyl/N-ethyl adjacent to an activating group) is 1. The third kappa shape index (κ3) is 5.28. The summed E-state index contributed by atoms with van der Waals surface area (Å²) in [7, 11) is 3.45. The van der Waals surface area contributed by atoms with Gasteiger partial charge in [0, 0.05) is 26.4 Å². The Hall–Kier alpha value is -1.59. The number of methoxy groups -OCH3 is 1. The number of aliphatic hydroxyl groups is 1. The van der Waals surface area contributed by atoms with E-state index >= 15 is 0 Å². The number of anilines is 1. The van der Waals surface area contributed by atoms with E-state index in [0.29, 0.717) is 13.2 Å². The fraction of sp³-hybridized carbons (Fsp3) is 0.500. The highest BCUT2D eigenvalue weighted by Crippen LogP contribution is 2.17. The van der Waals surface area contributed by atoms with E-state index in [0.717, 1.165) is 11.3 Å². The summed E-state index contributed by atoms with van der Waals surface area (Å²) >= 11 is 0. The SMILES string of the molecule is COCCNC(=O)CN(C)c1ccc([C@H](C)O)cc1. The zero-order valence-corrected chi connectivity index (χ0v) is 11.7. The molecule has 106 valence electrons. The monoisotopic (exact) mass is 266 g/mol. The minimum absolute atomic E-state index is 0.0425. The van der Waals surface area contributed by atoms with Crippen LogP contribution >= 0.6 is 0 Å². The summed E-state index contributed by atoms with van der Waals surface area (Å²) in [5.41, 5.74) is 1.80.